The molecule has 0 saturated carbocycles. The van der Waals surface area contributed by atoms with Gasteiger partial charge in [-0.2, -0.15) is 0 Å². The summed E-state index contributed by atoms with van der Waals surface area (Å²) in [6, 6.07) is 11.8. The highest BCUT2D eigenvalue weighted by Gasteiger charge is 2.34. The Bertz CT molecular complexity index is 1910. The number of halogens is 3. The molecular formula is C29H23F3N4O6S. The number of methoxy groups -OCH3 is 1. The molecular weight excluding hydrogens is 589 g/mol. The number of sulfonamides is 1. The van der Waals surface area contributed by atoms with Crippen molar-refractivity contribution in [1.29, 1.82) is 0 Å². The van der Waals surface area contributed by atoms with Crippen molar-refractivity contribution in [3.63, 3.8) is 0 Å². The van der Waals surface area contributed by atoms with Crippen molar-refractivity contribution in [2.24, 2.45) is 0 Å². The molecule has 1 amide bonds. The van der Waals surface area contributed by atoms with E-state index < -0.39 is 33.8 Å². The fraction of sp³-hybridized carbons (Fsp3) is 0.138. The lowest BCUT2D eigenvalue weighted by Gasteiger charge is -2.15. The van der Waals surface area contributed by atoms with Gasteiger partial charge in [-0.25, -0.2) is 18.1 Å². The number of aromatic nitrogens is 2. The van der Waals surface area contributed by atoms with Gasteiger partial charge in [0.1, 0.15) is 23.0 Å². The Kier molecular flexibility index (Phi) is 7.71. The zero-order valence-corrected chi connectivity index (χ0v) is 23.2. The van der Waals surface area contributed by atoms with Gasteiger partial charge < -0.3 is 19.8 Å². The number of anilines is 1. The largest absolute Gasteiger partial charge is 0.573 e. The number of rotatable bonds is 8. The summed E-state index contributed by atoms with van der Waals surface area (Å²) in [7, 11) is -3.04. The van der Waals surface area contributed by atoms with Crippen LogP contribution in [0.25, 0.3) is 16.5 Å². The molecule has 0 aliphatic heterocycles. The number of carbonyl (C=O) groups excluding carboxylic acids is 2. The molecule has 3 N–H and O–H groups in total. The Hall–Kier alpha value is -5.11. The standard InChI is InChI=1S/C29H23F3N4O6S/c1-41-18-6-9-20(10-7-18)43(39,40)35-28(38)27-26(21-4-2-3-5-24(21)37)22-15-19(42-29(30,31)32)8-11-23(22)36(27)16-17-12-13-34-25(33)14-17/h2-4,6-15H,5,16H2,1H3,(H2,33,34)(H,35,38). The summed E-state index contributed by atoms with van der Waals surface area (Å²) in [5.74, 6) is -1.59. The molecule has 1 aliphatic carbocycles. The van der Waals surface area contributed by atoms with Crippen molar-refractivity contribution in [2.75, 3.05) is 12.8 Å². The van der Waals surface area contributed by atoms with Crippen molar-refractivity contribution in [2.45, 2.75) is 24.2 Å². The van der Waals surface area contributed by atoms with Crippen molar-refractivity contribution in [3.8, 4) is 11.5 Å². The third-order valence-electron chi connectivity index (χ3n) is 6.54. The highest BCUT2D eigenvalue weighted by atomic mass is 32.2. The summed E-state index contributed by atoms with van der Waals surface area (Å²) in [5, 5.41) is 0.0608. The zero-order valence-electron chi connectivity index (χ0n) is 22.4. The monoisotopic (exact) mass is 612 g/mol. The molecule has 2 aromatic carbocycles. The molecule has 2 heterocycles. The zero-order chi connectivity index (χ0) is 30.9. The van der Waals surface area contributed by atoms with Crippen LogP contribution in [0.15, 0.2) is 83.9 Å². The number of hydrogen-bond donors (Lipinski definition) is 2. The molecule has 5 rings (SSSR count). The second-order valence-electron chi connectivity index (χ2n) is 9.37. The summed E-state index contributed by atoms with van der Waals surface area (Å²) >= 11 is 0. The van der Waals surface area contributed by atoms with Crippen LogP contribution in [0.4, 0.5) is 19.0 Å². The molecule has 10 nitrogen and oxygen atoms in total. The van der Waals surface area contributed by atoms with E-state index in [-0.39, 0.29) is 51.4 Å². The van der Waals surface area contributed by atoms with E-state index in [1.807, 2.05) is 4.72 Å². The summed E-state index contributed by atoms with van der Waals surface area (Å²) in [6.45, 7) is -0.0780. The van der Waals surface area contributed by atoms with Crippen LogP contribution < -0.4 is 19.9 Å². The summed E-state index contributed by atoms with van der Waals surface area (Å²) < 4.78 is 78.5. The van der Waals surface area contributed by atoms with Crippen molar-refractivity contribution < 1.29 is 40.7 Å². The second-order valence-corrected chi connectivity index (χ2v) is 11.1. The first-order valence-electron chi connectivity index (χ1n) is 12.6. The Morgan fingerprint density at radius 3 is 2.47 bits per heavy atom. The first kappa shape index (κ1) is 29.4. The summed E-state index contributed by atoms with van der Waals surface area (Å²) in [5.41, 5.74) is 6.29. The highest BCUT2D eigenvalue weighted by molar-refractivity contribution is 7.90. The molecule has 0 spiro atoms. The molecule has 1 aliphatic rings. The number of nitrogens with two attached hydrogens (primary N) is 1. The van der Waals surface area contributed by atoms with Gasteiger partial charge in [0.15, 0.2) is 5.78 Å². The van der Waals surface area contributed by atoms with Crippen molar-refractivity contribution in [3.05, 3.63) is 95.8 Å². The second kappa shape index (κ2) is 11.3. The van der Waals surface area contributed by atoms with E-state index in [1.165, 1.54) is 60.3 Å². The van der Waals surface area contributed by atoms with Crippen molar-refractivity contribution in [1.82, 2.24) is 14.3 Å². The smallest absolute Gasteiger partial charge is 0.497 e. The number of Topliss-reactive ketones (excluding diaryl/α,β-unsaturated/α-hetero) is 1. The molecule has 43 heavy (non-hydrogen) atoms. The number of carbonyl (C=O) groups is 2. The Morgan fingerprint density at radius 1 is 1.09 bits per heavy atom. The number of amides is 1. The number of fused-ring (bicyclic) bond motifs is 1. The third-order valence-corrected chi connectivity index (χ3v) is 7.89. The molecule has 2 aromatic heterocycles. The van der Waals surface area contributed by atoms with Crippen molar-refractivity contribution >= 4 is 44.0 Å². The Morgan fingerprint density at radius 2 is 1.81 bits per heavy atom. The van der Waals surface area contributed by atoms with Gasteiger partial charge in [-0.1, -0.05) is 18.2 Å². The van der Waals surface area contributed by atoms with Gasteiger partial charge in [0.2, 0.25) is 0 Å². The van der Waals surface area contributed by atoms with Crippen LogP contribution in [0, 0.1) is 0 Å². The minimum absolute atomic E-state index is 0.0108. The summed E-state index contributed by atoms with van der Waals surface area (Å²) in [6.07, 6.45) is 0.940. The Balaban J connectivity index is 1.74. The number of benzene rings is 2. The highest BCUT2D eigenvalue weighted by Crippen LogP contribution is 2.38. The average Bonchev–Trinajstić information content (AvgIpc) is 3.25. The molecule has 4 aromatic rings. The molecule has 14 heteroatoms. The number of hydrogen-bond acceptors (Lipinski definition) is 8. The molecule has 0 atom stereocenters. The van der Waals surface area contributed by atoms with E-state index >= 15 is 0 Å². The van der Waals surface area contributed by atoms with E-state index in [0.717, 1.165) is 12.1 Å². The van der Waals surface area contributed by atoms with Crippen LogP contribution in [-0.2, 0) is 21.4 Å². The lowest BCUT2D eigenvalue weighted by atomic mass is 9.93. The number of nitrogens with zero attached hydrogens (tertiary/aromatic N) is 2. The third kappa shape index (κ3) is 6.23. The van der Waals surface area contributed by atoms with Crippen LogP contribution >= 0.6 is 0 Å². The Labute approximate surface area is 243 Å². The molecule has 222 valence electrons. The first-order chi connectivity index (χ1) is 20.4. The van der Waals surface area contributed by atoms with Gasteiger partial charge in [0.05, 0.1) is 12.0 Å². The number of ether oxygens (including phenoxy) is 2. The number of nitrogen functional groups attached to an aromatic ring is 1. The SMILES string of the molecule is COc1ccc(S(=O)(=O)NC(=O)c2c(C3=CC=CCC3=O)c3cc(OC(F)(F)F)ccc3n2Cc2ccnc(N)c2)cc1. The predicted octanol–water partition coefficient (Wildman–Crippen LogP) is 4.61. The lowest BCUT2D eigenvalue weighted by molar-refractivity contribution is -0.274. The van der Waals surface area contributed by atoms with Gasteiger partial charge >= 0.3 is 6.36 Å². The van der Waals surface area contributed by atoms with E-state index in [9.17, 15) is 31.2 Å². The van der Waals surface area contributed by atoms with Crippen LogP contribution in [0.5, 0.6) is 11.5 Å². The molecule has 0 bridgehead atoms. The van der Waals surface area contributed by atoms with E-state index in [0.29, 0.717) is 11.3 Å². The number of allylic oxidation sites excluding steroid dienone is 4. The molecule has 0 saturated heterocycles. The van der Waals surface area contributed by atoms with Gasteiger partial charge in [0, 0.05) is 41.2 Å². The maximum Gasteiger partial charge on any atom is 0.573 e. The number of alkyl halides is 3. The first-order valence-corrected chi connectivity index (χ1v) is 14.1. The average molecular weight is 613 g/mol. The summed E-state index contributed by atoms with van der Waals surface area (Å²) in [4.78, 5) is 30.7. The van der Waals surface area contributed by atoms with Crippen LogP contribution in [0.3, 0.4) is 0 Å². The van der Waals surface area contributed by atoms with Crippen LogP contribution in [0.2, 0.25) is 0 Å². The van der Waals surface area contributed by atoms with E-state index in [2.05, 4.69) is 9.72 Å². The number of nitrogens with one attached hydrogen (secondary N) is 1. The topological polar surface area (TPSA) is 143 Å². The quantitative estimate of drug-likeness (QED) is 0.294. The lowest BCUT2D eigenvalue weighted by Crippen LogP contribution is -2.33. The normalized spacial score (nSPS) is 13.6. The molecule has 0 fully saturated rings. The van der Waals surface area contributed by atoms with Gasteiger partial charge in [-0.15, -0.1) is 13.2 Å². The molecule has 0 unspecified atom stereocenters. The van der Waals surface area contributed by atoms with Crippen LogP contribution in [0.1, 0.15) is 28.0 Å². The maximum atomic E-state index is 13.9. The number of pyridine rings is 1. The van der Waals surface area contributed by atoms with Gasteiger partial charge in [-0.05, 0) is 60.2 Å². The molecule has 0 radical (unpaired) electrons. The van der Waals surface area contributed by atoms with E-state index in [1.54, 1.807) is 18.2 Å². The fourth-order valence-electron chi connectivity index (χ4n) is 4.73. The van der Waals surface area contributed by atoms with Gasteiger partial charge in [0.25, 0.3) is 15.9 Å². The van der Waals surface area contributed by atoms with Crippen LogP contribution in [-0.4, -0.2) is 43.1 Å². The predicted molar refractivity (Wildman–Crippen MR) is 151 cm³/mol. The fourth-order valence-corrected chi connectivity index (χ4v) is 5.68. The minimum atomic E-state index is -5.01. The van der Waals surface area contributed by atoms with Gasteiger partial charge in [-0.3, -0.25) is 9.59 Å². The maximum absolute atomic E-state index is 13.9. The minimum Gasteiger partial charge on any atom is -0.497 e. The van der Waals surface area contributed by atoms with E-state index in [4.69, 9.17) is 10.5 Å². The number of ketones is 1.